The number of carboxylic acids is 2. The number of carboxylic acid groups (broad SMARTS) is 2. The van der Waals surface area contributed by atoms with Crippen LogP contribution < -0.4 is 0 Å². The molecule has 21 heavy (non-hydrogen) atoms. The second-order valence-electron chi connectivity index (χ2n) is 4.40. The van der Waals surface area contributed by atoms with Gasteiger partial charge in [0.2, 0.25) is 5.90 Å². The highest BCUT2D eigenvalue weighted by atomic mass is 16.5. The highest BCUT2D eigenvalue weighted by molar-refractivity contribution is 6.26. The standard InChI is InChI=1S/C14H7NO6/c15-11-5-1-2-6(12(16)17)10-7(13(18)19)3-4-8(9(5)10)14(20)21-11/h1-4,15H,(H,16,17)(H,18,19). The summed E-state index contributed by atoms with van der Waals surface area (Å²) in [4.78, 5) is 34.4. The lowest BCUT2D eigenvalue weighted by Gasteiger charge is -2.19. The molecule has 1 aliphatic heterocycles. The molecule has 7 nitrogen and oxygen atoms in total. The molecule has 0 saturated carbocycles. The number of benzene rings is 2. The van der Waals surface area contributed by atoms with Crippen LogP contribution in [-0.4, -0.2) is 34.0 Å². The molecule has 3 rings (SSSR count). The van der Waals surface area contributed by atoms with Gasteiger partial charge in [0, 0.05) is 16.3 Å². The van der Waals surface area contributed by atoms with Crippen LogP contribution in [0.2, 0.25) is 0 Å². The van der Waals surface area contributed by atoms with Gasteiger partial charge in [-0.2, -0.15) is 0 Å². The van der Waals surface area contributed by atoms with E-state index in [1.165, 1.54) is 18.2 Å². The second kappa shape index (κ2) is 4.14. The predicted molar refractivity (Wildman–Crippen MR) is 70.1 cm³/mol. The van der Waals surface area contributed by atoms with Crippen molar-refractivity contribution in [3.8, 4) is 0 Å². The summed E-state index contributed by atoms with van der Waals surface area (Å²) in [5, 5.41) is 26.2. The van der Waals surface area contributed by atoms with E-state index in [9.17, 15) is 24.6 Å². The molecule has 2 aromatic carbocycles. The molecule has 0 aliphatic carbocycles. The summed E-state index contributed by atoms with van der Waals surface area (Å²) in [6, 6.07) is 4.95. The molecule has 104 valence electrons. The van der Waals surface area contributed by atoms with E-state index in [0.29, 0.717) is 0 Å². The SMILES string of the molecule is N=C1OC(=O)c2ccc(C(=O)O)c3c(C(=O)O)ccc1c23. The number of cyclic esters (lactones) is 1. The van der Waals surface area contributed by atoms with Crippen molar-refractivity contribution < 1.29 is 29.3 Å². The molecule has 1 aliphatic rings. The van der Waals surface area contributed by atoms with Crippen molar-refractivity contribution >= 4 is 34.6 Å². The summed E-state index contributed by atoms with van der Waals surface area (Å²) in [5.74, 6) is -3.87. The maximum Gasteiger partial charge on any atom is 0.345 e. The number of nitrogens with one attached hydrogen (secondary N) is 1. The highest BCUT2D eigenvalue weighted by Crippen LogP contribution is 2.33. The fraction of sp³-hybridized carbons (Fsp3) is 0. The lowest BCUT2D eigenvalue weighted by atomic mass is 9.90. The zero-order valence-electron chi connectivity index (χ0n) is 10.3. The molecule has 0 radical (unpaired) electrons. The summed E-state index contributed by atoms with van der Waals surface area (Å²) in [7, 11) is 0. The van der Waals surface area contributed by atoms with Gasteiger partial charge in [0.15, 0.2) is 0 Å². The predicted octanol–water partition coefficient (Wildman–Crippen LogP) is 1.73. The third-order valence-electron chi connectivity index (χ3n) is 3.28. The van der Waals surface area contributed by atoms with Crippen molar-refractivity contribution in [1.82, 2.24) is 0 Å². The van der Waals surface area contributed by atoms with Crippen molar-refractivity contribution in [2.75, 3.05) is 0 Å². The van der Waals surface area contributed by atoms with E-state index in [4.69, 9.17) is 10.1 Å². The number of ether oxygens (including phenoxy) is 1. The number of hydrogen-bond donors (Lipinski definition) is 3. The number of rotatable bonds is 2. The third kappa shape index (κ3) is 1.68. The first-order valence-electron chi connectivity index (χ1n) is 5.79. The van der Waals surface area contributed by atoms with Crippen molar-refractivity contribution in [3.63, 3.8) is 0 Å². The van der Waals surface area contributed by atoms with E-state index in [2.05, 4.69) is 0 Å². The Morgan fingerprint density at radius 3 is 1.95 bits per heavy atom. The van der Waals surface area contributed by atoms with Crippen molar-refractivity contribution in [1.29, 1.82) is 5.41 Å². The Balaban J connectivity index is 2.60. The van der Waals surface area contributed by atoms with Gasteiger partial charge < -0.3 is 14.9 Å². The van der Waals surface area contributed by atoms with Gasteiger partial charge in [-0.3, -0.25) is 5.41 Å². The van der Waals surface area contributed by atoms with Crippen LogP contribution in [0.5, 0.6) is 0 Å². The monoisotopic (exact) mass is 285 g/mol. The lowest BCUT2D eigenvalue weighted by Crippen LogP contribution is -2.21. The van der Waals surface area contributed by atoms with E-state index in [1.807, 2.05) is 0 Å². The van der Waals surface area contributed by atoms with E-state index in [0.717, 1.165) is 6.07 Å². The van der Waals surface area contributed by atoms with Crippen LogP contribution in [0.15, 0.2) is 24.3 Å². The molecule has 0 aromatic heterocycles. The summed E-state index contributed by atoms with van der Waals surface area (Å²) in [6.45, 7) is 0. The fourth-order valence-electron chi connectivity index (χ4n) is 2.41. The van der Waals surface area contributed by atoms with Crippen LogP contribution in [0, 0.1) is 5.41 Å². The summed E-state index contributed by atoms with van der Waals surface area (Å²) in [5.41, 5.74) is -0.247. The van der Waals surface area contributed by atoms with Gasteiger partial charge in [0.25, 0.3) is 0 Å². The van der Waals surface area contributed by atoms with Crippen LogP contribution in [0.3, 0.4) is 0 Å². The summed E-state index contributed by atoms with van der Waals surface area (Å²) >= 11 is 0. The topological polar surface area (TPSA) is 125 Å². The average molecular weight is 285 g/mol. The Kier molecular flexibility index (Phi) is 2.52. The Bertz CT molecular complexity index is 801. The Morgan fingerprint density at radius 1 is 0.905 bits per heavy atom. The Morgan fingerprint density at radius 2 is 1.43 bits per heavy atom. The molecule has 2 aromatic rings. The van der Waals surface area contributed by atoms with Crippen LogP contribution in [0.1, 0.15) is 36.6 Å². The van der Waals surface area contributed by atoms with Gasteiger partial charge in [-0.25, -0.2) is 14.4 Å². The quantitative estimate of drug-likeness (QED) is 0.721. The number of carbonyl (C=O) groups excluding carboxylic acids is 1. The largest absolute Gasteiger partial charge is 0.478 e. The zero-order chi connectivity index (χ0) is 15.3. The molecule has 0 saturated heterocycles. The van der Waals surface area contributed by atoms with Crippen molar-refractivity contribution in [3.05, 3.63) is 46.5 Å². The minimum absolute atomic E-state index is 0.0455. The number of esters is 1. The molecule has 0 unspecified atom stereocenters. The highest BCUT2D eigenvalue weighted by Gasteiger charge is 2.29. The first kappa shape index (κ1) is 12.8. The number of aromatic carboxylic acids is 2. The molecule has 0 fully saturated rings. The smallest absolute Gasteiger partial charge is 0.345 e. The van der Waals surface area contributed by atoms with Crippen LogP contribution in [0.25, 0.3) is 10.8 Å². The molecular weight excluding hydrogens is 278 g/mol. The van der Waals surface area contributed by atoms with Gasteiger partial charge in [-0.15, -0.1) is 0 Å². The zero-order valence-corrected chi connectivity index (χ0v) is 10.3. The first-order valence-corrected chi connectivity index (χ1v) is 5.79. The van der Waals surface area contributed by atoms with E-state index in [-0.39, 0.29) is 33.0 Å². The molecule has 0 amide bonds. The minimum Gasteiger partial charge on any atom is -0.478 e. The third-order valence-corrected chi connectivity index (χ3v) is 3.28. The van der Waals surface area contributed by atoms with Crippen LogP contribution in [0.4, 0.5) is 0 Å². The first-order chi connectivity index (χ1) is 9.91. The van der Waals surface area contributed by atoms with Gasteiger partial charge in [-0.1, -0.05) is 0 Å². The van der Waals surface area contributed by atoms with Crippen LogP contribution in [-0.2, 0) is 4.74 Å². The van der Waals surface area contributed by atoms with Gasteiger partial charge >= 0.3 is 17.9 Å². The minimum atomic E-state index is -1.31. The molecule has 3 N–H and O–H groups in total. The maximum absolute atomic E-state index is 11.8. The normalized spacial score (nSPS) is 13.1. The van der Waals surface area contributed by atoms with Crippen molar-refractivity contribution in [2.24, 2.45) is 0 Å². The molecule has 0 bridgehead atoms. The van der Waals surface area contributed by atoms with Gasteiger partial charge in [-0.05, 0) is 24.3 Å². The fourth-order valence-corrected chi connectivity index (χ4v) is 2.41. The van der Waals surface area contributed by atoms with E-state index >= 15 is 0 Å². The molecule has 0 atom stereocenters. The summed E-state index contributed by atoms with van der Waals surface area (Å²) in [6.07, 6.45) is 0. The average Bonchev–Trinajstić information content (AvgIpc) is 2.43. The van der Waals surface area contributed by atoms with E-state index in [1.54, 1.807) is 0 Å². The molecule has 0 spiro atoms. The lowest BCUT2D eigenvalue weighted by molar-refractivity contribution is 0.0687. The summed E-state index contributed by atoms with van der Waals surface area (Å²) < 4.78 is 4.75. The van der Waals surface area contributed by atoms with E-state index < -0.39 is 23.8 Å². The molecule has 1 heterocycles. The Labute approximate surface area is 116 Å². The Hall–Kier alpha value is -3.22. The van der Waals surface area contributed by atoms with Crippen LogP contribution >= 0.6 is 0 Å². The molecular formula is C14H7NO6. The second-order valence-corrected chi connectivity index (χ2v) is 4.40. The van der Waals surface area contributed by atoms with Crippen molar-refractivity contribution in [2.45, 2.75) is 0 Å². The number of carbonyl (C=O) groups is 3. The molecule has 7 heteroatoms. The van der Waals surface area contributed by atoms with Gasteiger partial charge in [0.1, 0.15) is 0 Å². The maximum atomic E-state index is 11.8. The van der Waals surface area contributed by atoms with Gasteiger partial charge in [0.05, 0.1) is 16.7 Å². The number of hydrogen-bond acceptors (Lipinski definition) is 5.